The molecular formula is C19H22N2O4S. The SMILES string of the molecule is O=C(CCOc1ccccc1)N1CCN(S(=O)(=O)c2ccccc2)CC1. The number of amides is 1. The second-order valence-electron chi connectivity index (χ2n) is 6.01. The van der Waals surface area contributed by atoms with Crippen molar-refractivity contribution in [3.8, 4) is 5.75 Å². The van der Waals surface area contributed by atoms with Gasteiger partial charge in [-0.3, -0.25) is 4.79 Å². The van der Waals surface area contributed by atoms with Crippen LogP contribution in [0.4, 0.5) is 0 Å². The molecule has 1 aliphatic rings. The zero-order chi connectivity index (χ0) is 18.4. The van der Waals surface area contributed by atoms with Crippen LogP contribution >= 0.6 is 0 Å². The summed E-state index contributed by atoms with van der Waals surface area (Å²) in [5.41, 5.74) is 0. The van der Waals surface area contributed by atoms with Crippen LogP contribution in [0, 0.1) is 0 Å². The fourth-order valence-corrected chi connectivity index (χ4v) is 4.29. The smallest absolute Gasteiger partial charge is 0.243 e. The topological polar surface area (TPSA) is 66.9 Å². The Hall–Kier alpha value is -2.38. The Balaban J connectivity index is 1.48. The van der Waals surface area contributed by atoms with Gasteiger partial charge in [0.1, 0.15) is 5.75 Å². The Morgan fingerprint density at radius 2 is 1.46 bits per heavy atom. The van der Waals surface area contributed by atoms with E-state index in [4.69, 9.17) is 4.74 Å². The maximum Gasteiger partial charge on any atom is 0.243 e. The molecule has 0 unspecified atom stereocenters. The molecule has 1 heterocycles. The second kappa shape index (κ2) is 8.33. The van der Waals surface area contributed by atoms with E-state index in [0.29, 0.717) is 32.8 Å². The number of para-hydroxylation sites is 1. The summed E-state index contributed by atoms with van der Waals surface area (Å²) >= 11 is 0. The number of carbonyl (C=O) groups is 1. The first-order valence-corrected chi connectivity index (χ1v) is 10.0. The first-order valence-electron chi connectivity index (χ1n) is 8.58. The van der Waals surface area contributed by atoms with Gasteiger partial charge in [-0.05, 0) is 24.3 Å². The molecule has 2 aromatic rings. The van der Waals surface area contributed by atoms with Crippen LogP contribution in [-0.2, 0) is 14.8 Å². The lowest BCUT2D eigenvalue weighted by molar-refractivity contribution is -0.132. The van der Waals surface area contributed by atoms with Gasteiger partial charge < -0.3 is 9.64 Å². The van der Waals surface area contributed by atoms with Crippen molar-refractivity contribution in [2.24, 2.45) is 0 Å². The standard InChI is InChI=1S/C19H22N2O4S/c22-19(11-16-25-17-7-3-1-4-8-17)20-12-14-21(15-13-20)26(23,24)18-9-5-2-6-10-18/h1-10H,11-16H2. The van der Waals surface area contributed by atoms with Gasteiger partial charge in [-0.15, -0.1) is 0 Å². The molecule has 6 nitrogen and oxygen atoms in total. The summed E-state index contributed by atoms with van der Waals surface area (Å²) < 4.78 is 32.2. The minimum atomic E-state index is -3.49. The number of carbonyl (C=O) groups excluding carboxylic acids is 1. The van der Waals surface area contributed by atoms with E-state index >= 15 is 0 Å². The second-order valence-corrected chi connectivity index (χ2v) is 7.95. The van der Waals surface area contributed by atoms with E-state index in [1.54, 1.807) is 35.2 Å². The maximum absolute atomic E-state index is 12.6. The van der Waals surface area contributed by atoms with E-state index in [1.807, 2.05) is 30.3 Å². The van der Waals surface area contributed by atoms with E-state index in [0.717, 1.165) is 5.75 Å². The highest BCUT2D eigenvalue weighted by atomic mass is 32.2. The first-order chi connectivity index (χ1) is 12.6. The summed E-state index contributed by atoms with van der Waals surface area (Å²) in [4.78, 5) is 14.3. The molecule has 7 heteroatoms. The number of sulfonamides is 1. The number of hydrogen-bond acceptors (Lipinski definition) is 4. The number of hydrogen-bond donors (Lipinski definition) is 0. The molecule has 0 N–H and O–H groups in total. The van der Waals surface area contributed by atoms with Crippen LogP contribution < -0.4 is 4.74 Å². The molecule has 1 fully saturated rings. The van der Waals surface area contributed by atoms with Crippen molar-refractivity contribution in [2.75, 3.05) is 32.8 Å². The molecule has 138 valence electrons. The largest absolute Gasteiger partial charge is 0.493 e. The monoisotopic (exact) mass is 374 g/mol. The van der Waals surface area contributed by atoms with Crippen molar-refractivity contribution < 1.29 is 17.9 Å². The van der Waals surface area contributed by atoms with Crippen LogP contribution in [-0.4, -0.2) is 56.3 Å². The third kappa shape index (κ3) is 4.42. The van der Waals surface area contributed by atoms with Gasteiger partial charge >= 0.3 is 0 Å². The highest BCUT2D eigenvalue weighted by molar-refractivity contribution is 7.89. The Kier molecular flexibility index (Phi) is 5.90. The first kappa shape index (κ1) is 18.4. The average molecular weight is 374 g/mol. The quantitative estimate of drug-likeness (QED) is 0.776. The van der Waals surface area contributed by atoms with Gasteiger partial charge in [-0.2, -0.15) is 4.31 Å². The number of ether oxygens (including phenoxy) is 1. The van der Waals surface area contributed by atoms with Crippen molar-refractivity contribution in [1.82, 2.24) is 9.21 Å². The lowest BCUT2D eigenvalue weighted by Crippen LogP contribution is -2.50. The number of piperazine rings is 1. The number of rotatable bonds is 6. The predicted octanol–water partition coefficient (Wildman–Crippen LogP) is 1.99. The Morgan fingerprint density at radius 1 is 0.885 bits per heavy atom. The van der Waals surface area contributed by atoms with E-state index in [9.17, 15) is 13.2 Å². The lowest BCUT2D eigenvalue weighted by Gasteiger charge is -2.34. The van der Waals surface area contributed by atoms with Crippen LogP contribution in [0.2, 0.25) is 0 Å². The minimum Gasteiger partial charge on any atom is -0.493 e. The Bertz CT molecular complexity index is 817. The van der Waals surface area contributed by atoms with E-state index in [2.05, 4.69) is 0 Å². The van der Waals surface area contributed by atoms with Gasteiger partial charge in [0.15, 0.2) is 0 Å². The Labute approximate surface area is 154 Å². The summed E-state index contributed by atoms with van der Waals surface area (Å²) in [5.74, 6) is 0.719. The molecule has 2 aromatic carbocycles. The zero-order valence-electron chi connectivity index (χ0n) is 14.5. The summed E-state index contributed by atoms with van der Waals surface area (Å²) in [6.45, 7) is 1.73. The van der Waals surface area contributed by atoms with Crippen LogP contribution in [0.5, 0.6) is 5.75 Å². The van der Waals surface area contributed by atoms with Gasteiger partial charge in [0, 0.05) is 26.2 Å². The van der Waals surface area contributed by atoms with Crippen molar-refractivity contribution >= 4 is 15.9 Å². The van der Waals surface area contributed by atoms with Crippen molar-refractivity contribution in [2.45, 2.75) is 11.3 Å². The van der Waals surface area contributed by atoms with Crippen LogP contribution in [0.3, 0.4) is 0 Å². The molecular weight excluding hydrogens is 352 g/mol. The molecule has 1 aliphatic heterocycles. The van der Waals surface area contributed by atoms with Crippen molar-refractivity contribution in [3.63, 3.8) is 0 Å². The van der Waals surface area contributed by atoms with Crippen molar-refractivity contribution in [3.05, 3.63) is 60.7 Å². The van der Waals surface area contributed by atoms with E-state index < -0.39 is 10.0 Å². The highest BCUT2D eigenvalue weighted by Gasteiger charge is 2.29. The van der Waals surface area contributed by atoms with Gasteiger partial charge in [0.2, 0.25) is 15.9 Å². The van der Waals surface area contributed by atoms with Crippen LogP contribution in [0.15, 0.2) is 65.6 Å². The van der Waals surface area contributed by atoms with Gasteiger partial charge in [0.25, 0.3) is 0 Å². The van der Waals surface area contributed by atoms with Gasteiger partial charge in [0.05, 0.1) is 17.9 Å². The third-order valence-corrected chi connectivity index (χ3v) is 6.21. The molecule has 0 atom stereocenters. The van der Waals surface area contributed by atoms with E-state index in [1.165, 1.54) is 4.31 Å². The fourth-order valence-electron chi connectivity index (χ4n) is 2.85. The third-order valence-electron chi connectivity index (χ3n) is 4.30. The summed E-state index contributed by atoms with van der Waals surface area (Å²) in [7, 11) is -3.49. The number of benzene rings is 2. The van der Waals surface area contributed by atoms with Crippen LogP contribution in [0.25, 0.3) is 0 Å². The average Bonchev–Trinajstić information content (AvgIpc) is 2.69. The van der Waals surface area contributed by atoms with E-state index in [-0.39, 0.29) is 17.2 Å². The lowest BCUT2D eigenvalue weighted by atomic mass is 10.3. The molecule has 26 heavy (non-hydrogen) atoms. The molecule has 0 spiro atoms. The summed E-state index contributed by atoms with van der Waals surface area (Å²) in [6, 6.07) is 17.7. The Morgan fingerprint density at radius 3 is 2.08 bits per heavy atom. The molecule has 3 rings (SSSR count). The van der Waals surface area contributed by atoms with Crippen molar-refractivity contribution in [1.29, 1.82) is 0 Å². The normalized spacial score (nSPS) is 15.6. The molecule has 1 saturated heterocycles. The zero-order valence-corrected chi connectivity index (χ0v) is 15.3. The molecule has 0 aliphatic carbocycles. The summed E-state index contributed by atoms with van der Waals surface area (Å²) in [6.07, 6.45) is 0.278. The number of nitrogens with zero attached hydrogens (tertiary/aromatic N) is 2. The molecule has 1 amide bonds. The van der Waals surface area contributed by atoms with Gasteiger partial charge in [-0.25, -0.2) is 8.42 Å². The molecule has 0 saturated carbocycles. The molecule has 0 radical (unpaired) electrons. The minimum absolute atomic E-state index is 0.0160. The molecule has 0 bridgehead atoms. The summed E-state index contributed by atoms with van der Waals surface area (Å²) in [5, 5.41) is 0. The fraction of sp³-hybridized carbons (Fsp3) is 0.316. The van der Waals surface area contributed by atoms with Crippen LogP contribution in [0.1, 0.15) is 6.42 Å². The predicted molar refractivity (Wildman–Crippen MR) is 98.3 cm³/mol. The molecule has 0 aromatic heterocycles. The van der Waals surface area contributed by atoms with Gasteiger partial charge in [-0.1, -0.05) is 36.4 Å². The highest BCUT2D eigenvalue weighted by Crippen LogP contribution is 2.17. The maximum atomic E-state index is 12.6.